The van der Waals surface area contributed by atoms with Gasteiger partial charge in [0.05, 0.1) is 18.2 Å². The van der Waals surface area contributed by atoms with Crippen molar-refractivity contribution in [2.45, 2.75) is 12.8 Å². The van der Waals surface area contributed by atoms with Gasteiger partial charge in [-0.05, 0) is 57.7 Å². The van der Waals surface area contributed by atoms with Crippen LogP contribution >= 0.6 is 15.9 Å². The molecule has 28 heavy (non-hydrogen) atoms. The Bertz CT molecular complexity index is 925. The summed E-state index contributed by atoms with van der Waals surface area (Å²) < 4.78 is 17.1. The molecule has 4 nitrogen and oxygen atoms in total. The molecule has 5 heteroatoms. The van der Waals surface area contributed by atoms with Crippen LogP contribution in [0.25, 0.3) is 11.1 Å². The average Bonchev–Trinajstić information content (AvgIpc) is 2.73. The van der Waals surface area contributed by atoms with E-state index in [4.69, 9.17) is 14.2 Å². The van der Waals surface area contributed by atoms with E-state index in [0.29, 0.717) is 30.3 Å². The number of esters is 1. The van der Waals surface area contributed by atoms with Crippen LogP contribution in [0.15, 0.2) is 77.3 Å². The minimum absolute atomic E-state index is 0.266. The number of hydrogen-bond acceptors (Lipinski definition) is 4. The fourth-order valence-electron chi connectivity index (χ4n) is 2.70. The highest BCUT2D eigenvalue weighted by atomic mass is 79.9. The molecule has 0 unspecified atom stereocenters. The van der Waals surface area contributed by atoms with Gasteiger partial charge < -0.3 is 14.2 Å². The monoisotopic (exact) mass is 440 g/mol. The fraction of sp³-hybridized carbons (Fsp3) is 0.174. The third-order valence-corrected chi connectivity index (χ3v) is 4.73. The van der Waals surface area contributed by atoms with Gasteiger partial charge in [0.15, 0.2) is 11.5 Å². The van der Waals surface area contributed by atoms with Gasteiger partial charge >= 0.3 is 5.97 Å². The summed E-state index contributed by atoms with van der Waals surface area (Å²) in [6.45, 7) is 0.406. The summed E-state index contributed by atoms with van der Waals surface area (Å²) in [6, 6.07) is 23.1. The Morgan fingerprint density at radius 1 is 0.857 bits per heavy atom. The van der Waals surface area contributed by atoms with Gasteiger partial charge in [-0.2, -0.15) is 0 Å². The lowest BCUT2D eigenvalue weighted by Gasteiger charge is -2.11. The van der Waals surface area contributed by atoms with Crippen LogP contribution in [0.1, 0.15) is 12.8 Å². The number of para-hydroxylation sites is 2. The van der Waals surface area contributed by atoms with Crippen molar-refractivity contribution in [2.24, 2.45) is 0 Å². The second-order valence-corrected chi connectivity index (χ2v) is 6.94. The third-order valence-electron chi connectivity index (χ3n) is 4.11. The third kappa shape index (κ3) is 5.36. The van der Waals surface area contributed by atoms with Gasteiger partial charge in [0, 0.05) is 6.42 Å². The second kappa shape index (κ2) is 9.95. The molecule has 0 spiro atoms. The lowest BCUT2D eigenvalue weighted by Crippen LogP contribution is -2.10. The molecule has 3 rings (SSSR count). The van der Waals surface area contributed by atoms with Crippen LogP contribution < -0.4 is 14.2 Å². The maximum absolute atomic E-state index is 12.1. The molecule has 144 valence electrons. The van der Waals surface area contributed by atoms with Gasteiger partial charge in [0.25, 0.3) is 0 Å². The standard InChI is InChI=1S/C23H21BrO4/c1-26-21-10-5-6-11-22(21)27-15-7-12-23(25)28-20-14-13-18(16-19(20)24)17-8-3-2-4-9-17/h2-6,8-11,13-14,16H,7,12,15H2,1H3. The number of methoxy groups -OCH3 is 1. The van der Waals surface area contributed by atoms with E-state index in [0.717, 1.165) is 15.6 Å². The van der Waals surface area contributed by atoms with Crippen molar-refractivity contribution >= 4 is 21.9 Å². The summed E-state index contributed by atoms with van der Waals surface area (Å²) in [6.07, 6.45) is 0.818. The lowest BCUT2D eigenvalue weighted by atomic mass is 10.1. The van der Waals surface area contributed by atoms with E-state index < -0.39 is 0 Å². The Morgan fingerprint density at radius 2 is 1.57 bits per heavy atom. The first-order valence-electron chi connectivity index (χ1n) is 8.99. The zero-order valence-corrected chi connectivity index (χ0v) is 17.1. The van der Waals surface area contributed by atoms with Crippen molar-refractivity contribution in [2.75, 3.05) is 13.7 Å². The van der Waals surface area contributed by atoms with Gasteiger partial charge in [-0.3, -0.25) is 4.79 Å². The normalized spacial score (nSPS) is 10.4. The zero-order chi connectivity index (χ0) is 19.8. The Balaban J connectivity index is 1.49. The van der Waals surface area contributed by atoms with Crippen molar-refractivity contribution < 1.29 is 19.0 Å². The highest BCUT2D eigenvalue weighted by Crippen LogP contribution is 2.31. The minimum Gasteiger partial charge on any atom is -0.493 e. The summed E-state index contributed by atoms with van der Waals surface area (Å²) in [4.78, 5) is 12.1. The number of carbonyl (C=O) groups excluding carboxylic acids is 1. The molecule has 0 fully saturated rings. The number of halogens is 1. The van der Waals surface area contributed by atoms with Crippen molar-refractivity contribution in [1.29, 1.82) is 0 Å². The predicted molar refractivity (Wildman–Crippen MR) is 113 cm³/mol. The number of hydrogen-bond donors (Lipinski definition) is 0. The number of carbonyl (C=O) groups is 1. The van der Waals surface area contributed by atoms with Crippen LogP contribution in [-0.2, 0) is 4.79 Å². The highest BCUT2D eigenvalue weighted by molar-refractivity contribution is 9.10. The smallest absolute Gasteiger partial charge is 0.311 e. The maximum Gasteiger partial charge on any atom is 0.311 e. The predicted octanol–water partition coefficient (Wildman–Crippen LogP) is 5.89. The number of rotatable bonds is 8. The first kappa shape index (κ1) is 20.0. The topological polar surface area (TPSA) is 44.8 Å². The zero-order valence-electron chi connectivity index (χ0n) is 15.6. The van der Waals surface area contributed by atoms with Gasteiger partial charge in [-0.25, -0.2) is 0 Å². The molecule has 0 amide bonds. The van der Waals surface area contributed by atoms with E-state index in [2.05, 4.69) is 15.9 Å². The van der Waals surface area contributed by atoms with Gasteiger partial charge in [-0.15, -0.1) is 0 Å². The summed E-state index contributed by atoms with van der Waals surface area (Å²) >= 11 is 3.49. The molecule has 3 aromatic rings. The molecule has 0 aliphatic carbocycles. The summed E-state index contributed by atoms with van der Waals surface area (Å²) in [5.41, 5.74) is 2.16. The van der Waals surface area contributed by atoms with E-state index >= 15 is 0 Å². The maximum atomic E-state index is 12.1. The van der Waals surface area contributed by atoms with Crippen LogP contribution in [0.2, 0.25) is 0 Å². The van der Waals surface area contributed by atoms with Crippen LogP contribution in [0.4, 0.5) is 0 Å². The molecule has 0 saturated heterocycles. The molecule has 0 N–H and O–H groups in total. The van der Waals surface area contributed by atoms with Crippen LogP contribution in [-0.4, -0.2) is 19.7 Å². The van der Waals surface area contributed by atoms with Gasteiger partial charge in [-0.1, -0.05) is 48.5 Å². The second-order valence-electron chi connectivity index (χ2n) is 6.09. The lowest BCUT2D eigenvalue weighted by molar-refractivity contribution is -0.134. The summed E-state index contributed by atoms with van der Waals surface area (Å²) in [7, 11) is 1.60. The number of benzene rings is 3. The molecular weight excluding hydrogens is 420 g/mol. The number of ether oxygens (including phenoxy) is 3. The van der Waals surface area contributed by atoms with Crippen LogP contribution in [0.5, 0.6) is 17.2 Å². The highest BCUT2D eigenvalue weighted by Gasteiger charge is 2.10. The van der Waals surface area contributed by atoms with Gasteiger partial charge in [0.2, 0.25) is 0 Å². The molecule has 0 aromatic heterocycles. The molecule has 0 atom stereocenters. The van der Waals surface area contributed by atoms with E-state index in [-0.39, 0.29) is 12.4 Å². The molecule has 0 heterocycles. The molecule has 0 aliphatic heterocycles. The Kier molecular flexibility index (Phi) is 7.09. The van der Waals surface area contributed by atoms with Crippen molar-refractivity contribution in [1.82, 2.24) is 0 Å². The van der Waals surface area contributed by atoms with E-state index in [9.17, 15) is 4.79 Å². The Morgan fingerprint density at radius 3 is 2.29 bits per heavy atom. The molecule has 0 saturated carbocycles. The summed E-state index contributed by atoms with van der Waals surface area (Å²) in [5.74, 6) is 1.55. The molecule has 0 radical (unpaired) electrons. The van der Waals surface area contributed by atoms with E-state index in [1.165, 1.54) is 0 Å². The van der Waals surface area contributed by atoms with E-state index in [1.54, 1.807) is 13.2 Å². The molecule has 0 aliphatic rings. The summed E-state index contributed by atoms with van der Waals surface area (Å²) in [5, 5.41) is 0. The average molecular weight is 441 g/mol. The van der Waals surface area contributed by atoms with Crippen LogP contribution in [0, 0.1) is 0 Å². The Labute approximate surface area is 173 Å². The SMILES string of the molecule is COc1ccccc1OCCCC(=O)Oc1ccc(-c2ccccc2)cc1Br. The quantitative estimate of drug-likeness (QED) is 0.249. The molecular formula is C23H21BrO4. The minimum atomic E-state index is -0.295. The largest absolute Gasteiger partial charge is 0.493 e. The van der Waals surface area contributed by atoms with E-state index in [1.807, 2.05) is 66.7 Å². The van der Waals surface area contributed by atoms with Crippen LogP contribution in [0.3, 0.4) is 0 Å². The first-order valence-corrected chi connectivity index (χ1v) is 9.78. The van der Waals surface area contributed by atoms with Crippen molar-refractivity contribution in [3.8, 4) is 28.4 Å². The fourth-order valence-corrected chi connectivity index (χ4v) is 3.16. The Hall–Kier alpha value is -2.79. The molecule has 3 aromatic carbocycles. The molecule has 0 bridgehead atoms. The van der Waals surface area contributed by atoms with Gasteiger partial charge in [0.1, 0.15) is 5.75 Å². The first-order chi connectivity index (χ1) is 13.7. The van der Waals surface area contributed by atoms with Crippen molar-refractivity contribution in [3.05, 3.63) is 77.3 Å². The van der Waals surface area contributed by atoms with Crippen molar-refractivity contribution in [3.63, 3.8) is 0 Å².